The smallest absolute Gasteiger partial charge is 0.223 e. The Morgan fingerprint density at radius 2 is 2.00 bits per heavy atom. The zero-order chi connectivity index (χ0) is 12.0. The van der Waals surface area contributed by atoms with E-state index in [4.69, 9.17) is 0 Å². The number of hydrogen-bond donors (Lipinski definition) is 1. The van der Waals surface area contributed by atoms with Gasteiger partial charge in [0.2, 0.25) is 5.91 Å². The van der Waals surface area contributed by atoms with Gasteiger partial charge in [-0.15, -0.1) is 0 Å². The minimum atomic E-state index is 0.351. The van der Waals surface area contributed by atoms with Gasteiger partial charge in [0.15, 0.2) is 0 Å². The third-order valence-corrected chi connectivity index (χ3v) is 3.12. The first kappa shape index (κ1) is 13.5. The van der Waals surface area contributed by atoms with Gasteiger partial charge in [0.25, 0.3) is 0 Å². The first-order valence-corrected chi connectivity index (χ1v) is 6.65. The standard InChI is InChI=1S/C13H26N2O/c1-4-9-15(13(16)10-11(2)3)12-5-7-14-8-6-12/h11-12,14H,4-10H2,1-3H3. The lowest BCUT2D eigenvalue weighted by Crippen LogP contribution is -2.46. The molecule has 1 fully saturated rings. The molecule has 0 aromatic carbocycles. The minimum absolute atomic E-state index is 0.351. The maximum Gasteiger partial charge on any atom is 0.223 e. The van der Waals surface area contributed by atoms with Gasteiger partial charge >= 0.3 is 0 Å². The van der Waals surface area contributed by atoms with E-state index in [2.05, 4.69) is 31.0 Å². The van der Waals surface area contributed by atoms with E-state index in [0.29, 0.717) is 24.3 Å². The van der Waals surface area contributed by atoms with Crippen molar-refractivity contribution in [3.8, 4) is 0 Å². The Balaban J connectivity index is 2.53. The molecule has 0 aromatic heterocycles. The molecule has 0 spiro atoms. The van der Waals surface area contributed by atoms with Crippen LogP contribution in [-0.4, -0.2) is 36.5 Å². The van der Waals surface area contributed by atoms with E-state index in [0.717, 1.165) is 38.9 Å². The van der Waals surface area contributed by atoms with Gasteiger partial charge in [-0.05, 0) is 38.3 Å². The summed E-state index contributed by atoms with van der Waals surface area (Å²) in [5.41, 5.74) is 0. The average molecular weight is 226 g/mol. The summed E-state index contributed by atoms with van der Waals surface area (Å²) in [6, 6.07) is 0.479. The molecule has 1 aliphatic rings. The van der Waals surface area contributed by atoms with Crippen molar-refractivity contribution in [1.29, 1.82) is 0 Å². The molecule has 0 saturated carbocycles. The first-order chi connectivity index (χ1) is 7.65. The number of piperidine rings is 1. The largest absolute Gasteiger partial charge is 0.340 e. The van der Waals surface area contributed by atoms with Crippen molar-refractivity contribution in [2.45, 2.75) is 52.5 Å². The Morgan fingerprint density at radius 3 is 2.50 bits per heavy atom. The molecule has 16 heavy (non-hydrogen) atoms. The number of hydrogen-bond acceptors (Lipinski definition) is 2. The Labute approximate surface area is 99.6 Å². The molecule has 3 heteroatoms. The van der Waals surface area contributed by atoms with Crippen molar-refractivity contribution in [2.75, 3.05) is 19.6 Å². The molecule has 0 unspecified atom stereocenters. The summed E-state index contributed by atoms with van der Waals surface area (Å²) in [7, 11) is 0. The molecule has 0 radical (unpaired) electrons. The Morgan fingerprint density at radius 1 is 1.38 bits per heavy atom. The maximum absolute atomic E-state index is 12.1. The lowest BCUT2D eigenvalue weighted by molar-refractivity contribution is -0.134. The van der Waals surface area contributed by atoms with Crippen molar-refractivity contribution < 1.29 is 4.79 Å². The van der Waals surface area contributed by atoms with Gasteiger partial charge in [-0.1, -0.05) is 20.8 Å². The number of nitrogens with zero attached hydrogens (tertiary/aromatic N) is 1. The summed E-state index contributed by atoms with van der Waals surface area (Å²) in [5, 5.41) is 3.35. The zero-order valence-electron chi connectivity index (χ0n) is 11.0. The normalized spacial score (nSPS) is 17.8. The van der Waals surface area contributed by atoms with Crippen LogP contribution in [0.4, 0.5) is 0 Å². The predicted molar refractivity (Wildman–Crippen MR) is 67.4 cm³/mol. The molecular weight excluding hydrogens is 200 g/mol. The molecule has 1 saturated heterocycles. The molecule has 1 aliphatic heterocycles. The molecule has 1 N–H and O–H groups in total. The first-order valence-electron chi connectivity index (χ1n) is 6.65. The number of nitrogens with one attached hydrogen (secondary N) is 1. The van der Waals surface area contributed by atoms with Gasteiger partial charge in [0, 0.05) is 19.0 Å². The number of carbonyl (C=O) groups is 1. The van der Waals surface area contributed by atoms with Crippen molar-refractivity contribution in [3.05, 3.63) is 0 Å². The van der Waals surface area contributed by atoms with E-state index >= 15 is 0 Å². The number of carbonyl (C=O) groups excluding carboxylic acids is 1. The van der Waals surface area contributed by atoms with Crippen LogP contribution in [0.2, 0.25) is 0 Å². The molecule has 1 amide bonds. The summed E-state index contributed by atoms with van der Waals surface area (Å²) < 4.78 is 0. The van der Waals surface area contributed by atoms with Gasteiger partial charge < -0.3 is 10.2 Å². The lowest BCUT2D eigenvalue weighted by atomic mass is 10.0. The molecular formula is C13H26N2O. The molecule has 0 atom stereocenters. The van der Waals surface area contributed by atoms with Gasteiger partial charge in [-0.25, -0.2) is 0 Å². The third-order valence-electron chi connectivity index (χ3n) is 3.12. The van der Waals surface area contributed by atoms with Crippen LogP contribution in [0.25, 0.3) is 0 Å². The molecule has 3 nitrogen and oxygen atoms in total. The van der Waals surface area contributed by atoms with Crippen molar-refractivity contribution >= 4 is 5.91 Å². The maximum atomic E-state index is 12.1. The van der Waals surface area contributed by atoms with E-state index in [9.17, 15) is 4.79 Å². The second kappa shape index (κ2) is 6.89. The van der Waals surface area contributed by atoms with Crippen LogP contribution < -0.4 is 5.32 Å². The van der Waals surface area contributed by atoms with Gasteiger partial charge in [0.05, 0.1) is 0 Å². The molecule has 1 rings (SSSR count). The fraction of sp³-hybridized carbons (Fsp3) is 0.923. The molecule has 0 bridgehead atoms. The highest BCUT2D eigenvalue weighted by Crippen LogP contribution is 2.15. The van der Waals surface area contributed by atoms with Gasteiger partial charge in [-0.3, -0.25) is 4.79 Å². The Bertz CT molecular complexity index is 210. The van der Waals surface area contributed by atoms with E-state index < -0.39 is 0 Å². The highest BCUT2D eigenvalue weighted by atomic mass is 16.2. The van der Waals surface area contributed by atoms with Crippen LogP contribution in [-0.2, 0) is 4.79 Å². The van der Waals surface area contributed by atoms with E-state index in [1.54, 1.807) is 0 Å². The SMILES string of the molecule is CCCN(C(=O)CC(C)C)C1CCNCC1. The predicted octanol–water partition coefficient (Wildman–Crippen LogP) is 2.02. The summed E-state index contributed by atoms with van der Waals surface area (Å²) in [4.78, 5) is 14.3. The van der Waals surface area contributed by atoms with E-state index in [1.165, 1.54) is 0 Å². The van der Waals surface area contributed by atoms with Crippen molar-refractivity contribution in [1.82, 2.24) is 10.2 Å². The lowest BCUT2D eigenvalue weighted by Gasteiger charge is -2.35. The van der Waals surface area contributed by atoms with Crippen LogP contribution >= 0.6 is 0 Å². The molecule has 0 aliphatic carbocycles. The van der Waals surface area contributed by atoms with Gasteiger partial charge in [-0.2, -0.15) is 0 Å². The third kappa shape index (κ3) is 4.12. The monoisotopic (exact) mass is 226 g/mol. The highest BCUT2D eigenvalue weighted by molar-refractivity contribution is 5.76. The van der Waals surface area contributed by atoms with E-state index in [1.807, 2.05) is 0 Å². The van der Waals surface area contributed by atoms with Crippen LogP contribution in [0.3, 0.4) is 0 Å². The second-order valence-electron chi connectivity index (χ2n) is 5.17. The van der Waals surface area contributed by atoms with Crippen LogP contribution in [0.15, 0.2) is 0 Å². The summed E-state index contributed by atoms with van der Waals surface area (Å²) in [6.45, 7) is 9.42. The van der Waals surface area contributed by atoms with Crippen molar-refractivity contribution in [2.24, 2.45) is 5.92 Å². The fourth-order valence-corrected chi connectivity index (χ4v) is 2.34. The fourth-order valence-electron chi connectivity index (χ4n) is 2.34. The summed E-state index contributed by atoms with van der Waals surface area (Å²) in [5.74, 6) is 0.817. The quantitative estimate of drug-likeness (QED) is 0.778. The minimum Gasteiger partial charge on any atom is -0.340 e. The number of rotatable bonds is 5. The Kier molecular flexibility index (Phi) is 5.81. The van der Waals surface area contributed by atoms with Crippen molar-refractivity contribution in [3.63, 3.8) is 0 Å². The van der Waals surface area contributed by atoms with Crippen LogP contribution in [0.5, 0.6) is 0 Å². The highest BCUT2D eigenvalue weighted by Gasteiger charge is 2.24. The number of amides is 1. The zero-order valence-corrected chi connectivity index (χ0v) is 11.0. The molecule has 1 heterocycles. The topological polar surface area (TPSA) is 32.3 Å². The molecule has 0 aromatic rings. The van der Waals surface area contributed by atoms with Crippen LogP contribution in [0.1, 0.15) is 46.5 Å². The molecule has 94 valence electrons. The summed E-state index contributed by atoms with van der Waals surface area (Å²) >= 11 is 0. The van der Waals surface area contributed by atoms with Gasteiger partial charge in [0.1, 0.15) is 0 Å². The Hall–Kier alpha value is -0.570. The second-order valence-corrected chi connectivity index (χ2v) is 5.17. The van der Waals surface area contributed by atoms with E-state index in [-0.39, 0.29) is 0 Å². The van der Waals surface area contributed by atoms with Crippen LogP contribution in [0, 0.1) is 5.92 Å². The average Bonchev–Trinajstić information content (AvgIpc) is 2.26. The summed E-state index contributed by atoms with van der Waals surface area (Å²) in [6.07, 6.45) is 3.99.